The number of hydrogen-bond donors (Lipinski definition) is 0. The standard InChI is InChI=1S/C17H18O4/c1-3-19-14-10-15(20-4-2)12-16(11-14)21-17(18)13-8-6-5-7-9-13/h5-12H,3-4H2,1-2H3. The van der Waals surface area contributed by atoms with Gasteiger partial charge in [0.15, 0.2) is 0 Å². The van der Waals surface area contributed by atoms with E-state index in [-0.39, 0.29) is 0 Å². The molecule has 0 amide bonds. The summed E-state index contributed by atoms with van der Waals surface area (Å²) in [5.41, 5.74) is 0.497. The SMILES string of the molecule is CCOc1cc(OCC)cc(OC(=O)c2ccccc2)c1. The highest BCUT2D eigenvalue weighted by Gasteiger charge is 2.10. The number of rotatable bonds is 6. The van der Waals surface area contributed by atoms with E-state index in [4.69, 9.17) is 14.2 Å². The zero-order valence-electron chi connectivity index (χ0n) is 12.2. The van der Waals surface area contributed by atoms with Crippen LogP contribution in [0, 0.1) is 0 Å². The predicted octanol–water partition coefficient (Wildman–Crippen LogP) is 3.70. The molecule has 0 N–H and O–H groups in total. The van der Waals surface area contributed by atoms with Crippen molar-refractivity contribution in [3.8, 4) is 17.2 Å². The summed E-state index contributed by atoms with van der Waals surface area (Å²) < 4.78 is 16.3. The Balaban J connectivity index is 2.20. The minimum Gasteiger partial charge on any atom is -0.494 e. The molecule has 0 bridgehead atoms. The smallest absolute Gasteiger partial charge is 0.343 e. The van der Waals surface area contributed by atoms with E-state index in [0.717, 1.165) is 0 Å². The lowest BCUT2D eigenvalue weighted by Gasteiger charge is -2.11. The normalized spacial score (nSPS) is 10.0. The van der Waals surface area contributed by atoms with Crippen molar-refractivity contribution in [3.05, 3.63) is 54.1 Å². The van der Waals surface area contributed by atoms with Crippen LogP contribution in [0.5, 0.6) is 17.2 Å². The first-order valence-electron chi connectivity index (χ1n) is 6.90. The first kappa shape index (κ1) is 14.9. The van der Waals surface area contributed by atoms with Gasteiger partial charge in [0.05, 0.1) is 18.8 Å². The highest BCUT2D eigenvalue weighted by Crippen LogP contribution is 2.28. The molecule has 2 aromatic carbocycles. The van der Waals surface area contributed by atoms with E-state index in [1.165, 1.54) is 0 Å². The molecule has 0 aliphatic rings. The zero-order valence-corrected chi connectivity index (χ0v) is 12.2. The minimum atomic E-state index is -0.410. The number of carbonyl (C=O) groups is 1. The van der Waals surface area contributed by atoms with Gasteiger partial charge >= 0.3 is 5.97 Å². The summed E-state index contributed by atoms with van der Waals surface area (Å²) in [5.74, 6) is 1.21. The van der Waals surface area contributed by atoms with Gasteiger partial charge in [-0.3, -0.25) is 0 Å². The number of hydrogen-bond acceptors (Lipinski definition) is 4. The highest BCUT2D eigenvalue weighted by atomic mass is 16.5. The average Bonchev–Trinajstić information content (AvgIpc) is 2.48. The van der Waals surface area contributed by atoms with Crippen molar-refractivity contribution in [2.75, 3.05) is 13.2 Å². The van der Waals surface area contributed by atoms with E-state index in [1.54, 1.807) is 42.5 Å². The maximum atomic E-state index is 12.0. The van der Waals surface area contributed by atoms with Crippen molar-refractivity contribution >= 4 is 5.97 Å². The van der Waals surface area contributed by atoms with E-state index in [2.05, 4.69) is 0 Å². The summed E-state index contributed by atoms with van der Waals surface area (Å²) in [5, 5.41) is 0. The molecule has 4 nitrogen and oxygen atoms in total. The van der Waals surface area contributed by atoms with E-state index in [9.17, 15) is 4.79 Å². The highest BCUT2D eigenvalue weighted by molar-refractivity contribution is 5.91. The van der Waals surface area contributed by atoms with Crippen LogP contribution in [0.3, 0.4) is 0 Å². The lowest BCUT2D eigenvalue weighted by molar-refractivity contribution is 0.0734. The summed E-state index contributed by atoms with van der Waals surface area (Å²) in [6, 6.07) is 14.0. The molecule has 0 aliphatic carbocycles. The van der Waals surface area contributed by atoms with E-state index < -0.39 is 5.97 Å². The second-order valence-electron chi connectivity index (χ2n) is 4.26. The van der Waals surface area contributed by atoms with Gasteiger partial charge in [-0.2, -0.15) is 0 Å². The Bertz CT molecular complexity index is 569. The van der Waals surface area contributed by atoms with Gasteiger partial charge in [0.2, 0.25) is 0 Å². The number of carbonyl (C=O) groups excluding carboxylic acids is 1. The molecule has 0 saturated carbocycles. The Kier molecular flexibility index (Phi) is 5.21. The second-order valence-corrected chi connectivity index (χ2v) is 4.26. The van der Waals surface area contributed by atoms with Gasteiger partial charge in [0.1, 0.15) is 17.2 Å². The van der Waals surface area contributed by atoms with Crippen LogP contribution in [0.15, 0.2) is 48.5 Å². The molecule has 2 rings (SSSR count). The molecule has 0 saturated heterocycles. The molecule has 0 unspecified atom stereocenters. The van der Waals surface area contributed by atoms with Crippen LogP contribution >= 0.6 is 0 Å². The predicted molar refractivity (Wildman–Crippen MR) is 80.2 cm³/mol. The number of esters is 1. The average molecular weight is 286 g/mol. The van der Waals surface area contributed by atoms with Crippen LogP contribution in [-0.2, 0) is 0 Å². The lowest BCUT2D eigenvalue weighted by atomic mass is 10.2. The zero-order chi connectivity index (χ0) is 15.1. The molecular weight excluding hydrogens is 268 g/mol. The van der Waals surface area contributed by atoms with Crippen LogP contribution in [0.1, 0.15) is 24.2 Å². The van der Waals surface area contributed by atoms with Gasteiger partial charge < -0.3 is 14.2 Å². The summed E-state index contributed by atoms with van der Waals surface area (Å²) >= 11 is 0. The Morgan fingerprint density at radius 2 is 1.38 bits per heavy atom. The van der Waals surface area contributed by atoms with Gasteiger partial charge in [-0.15, -0.1) is 0 Å². The van der Waals surface area contributed by atoms with E-state index in [1.807, 2.05) is 19.9 Å². The number of benzene rings is 2. The van der Waals surface area contributed by atoms with Gasteiger partial charge in [-0.1, -0.05) is 18.2 Å². The van der Waals surface area contributed by atoms with Crippen molar-refractivity contribution in [2.45, 2.75) is 13.8 Å². The minimum absolute atomic E-state index is 0.401. The van der Waals surface area contributed by atoms with Crippen molar-refractivity contribution < 1.29 is 19.0 Å². The fraction of sp³-hybridized carbons (Fsp3) is 0.235. The molecule has 0 aliphatic heterocycles. The summed E-state index contributed by atoms with van der Waals surface area (Å²) in [7, 11) is 0. The first-order chi connectivity index (χ1) is 10.2. The molecule has 0 radical (unpaired) electrons. The van der Waals surface area contributed by atoms with E-state index in [0.29, 0.717) is 36.0 Å². The Hall–Kier alpha value is -2.49. The second kappa shape index (κ2) is 7.33. The Morgan fingerprint density at radius 3 is 1.90 bits per heavy atom. The van der Waals surface area contributed by atoms with Crippen LogP contribution < -0.4 is 14.2 Å². The molecule has 21 heavy (non-hydrogen) atoms. The molecule has 0 fully saturated rings. The van der Waals surface area contributed by atoms with Crippen LogP contribution in [0.25, 0.3) is 0 Å². The molecular formula is C17H18O4. The maximum absolute atomic E-state index is 12.0. The van der Waals surface area contributed by atoms with Gasteiger partial charge in [0.25, 0.3) is 0 Å². The summed E-state index contributed by atoms with van der Waals surface area (Å²) in [6.45, 7) is 4.84. The molecule has 2 aromatic rings. The summed E-state index contributed by atoms with van der Waals surface area (Å²) in [6.07, 6.45) is 0. The maximum Gasteiger partial charge on any atom is 0.343 e. The van der Waals surface area contributed by atoms with Gasteiger partial charge in [0, 0.05) is 18.2 Å². The molecule has 0 heterocycles. The van der Waals surface area contributed by atoms with Crippen molar-refractivity contribution in [2.24, 2.45) is 0 Å². The summed E-state index contributed by atoms with van der Waals surface area (Å²) in [4.78, 5) is 12.0. The third-order valence-electron chi connectivity index (χ3n) is 2.70. The fourth-order valence-corrected chi connectivity index (χ4v) is 1.84. The fourth-order valence-electron chi connectivity index (χ4n) is 1.84. The lowest BCUT2D eigenvalue weighted by Crippen LogP contribution is -2.08. The first-order valence-corrected chi connectivity index (χ1v) is 6.90. The molecule has 0 spiro atoms. The molecule has 110 valence electrons. The van der Waals surface area contributed by atoms with Crippen molar-refractivity contribution in [1.29, 1.82) is 0 Å². The third kappa shape index (κ3) is 4.24. The third-order valence-corrected chi connectivity index (χ3v) is 2.70. The Morgan fingerprint density at radius 1 is 0.857 bits per heavy atom. The Labute approximate surface area is 124 Å². The van der Waals surface area contributed by atoms with Crippen molar-refractivity contribution in [3.63, 3.8) is 0 Å². The largest absolute Gasteiger partial charge is 0.494 e. The van der Waals surface area contributed by atoms with Crippen LogP contribution in [-0.4, -0.2) is 19.2 Å². The quantitative estimate of drug-likeness (QED) is 0.600. The molecule has 0 aromatic heterocycles. The van der Waals surface area contributed by atoms with Crippen molar-refractivity contribution in [1.82, 2.24) is 0 Å². The molecule has 4 heteroatoms. The monoisotopic (exact) mass is 286 g/mol. The van der Waals surface area contributed by atoms with E-state index >= 15 is 0 Å². The molecule has 0 atom stereocenters. The topological polar surface area (TPSA) is 44.8 Å². The van der Waals surface area contributed by atoms with Crippen LogP contribution in [0.2, 0.25) is 0 Å². The number of ether oxygens (including phenoxy) is 3. The van der Waals surface area contributed by atoms with Gasteiger partial charge in [-0.05, 0) is 26.0 Å². The van der Waals surface area contributed by atoms with Gasteiger partial charge in [-0.25, -0.2) is 4.79 Å². The van der Waals surface area contributed by atoms with Crippen LogP contribution in [0.4, 0.5) is 0 Å².